The van der Waals surface area contributed by atoms with Gasteiger partial charge in [0, 0.05) is 24.5 Å². The highest BCUT2D eigenvalue weighted by molar-refractivity contribution is 6.20. The second kappa shape index (κ2) is 7.36. The number of carbonyl (C=O) groups is 4. The monoisotopic (exact) mass is 405 g/mol. The van der Waals surface area contributed by atoms with Crippen molar-refractivity contribution < 1.29 is 19.2 Å². The summed E-state index contributed by atoms with van der Waals surface area (Å²) in [6.45, 7) is 0. The lowest BCUT2D eigenvalue weighted by atomic mass is 9.99. The third-order valence-electron chi connectivity index (χ3n) is 5.09. The van der Waals surface area contributed by atoms with Gasteiger partial charge in [-0.1, -0.05) is 18.2 Å². The van der Waals surface area contributed by atoms with Gasteiger partial charge in [0.15, 0.2) is 0 Å². The molecule has 2 atom stereocenters. The van der Waals surface area contributed by atoms with E-state index in [4.69, 9.17) is 5.73 Å². The van der Waals surface area contributed by atoms with Crippen LogP contribution < -0.4 is 21.3 Å². The van der Waals surface area contributed by atoms with Gasteiger partial charge in [-0.25, -0.2) is 9.69 Å². The van der Waals surface area contributed by atoms with E-state index in [1.165, 1.54) is 12.1 Å². The number of amides is 5. The lowest BCUT2D eigenvalue weighted by molar-refractivity contribution is -0.122. The van der Waals surface area contributed by atoms with E-state index in [-0.39, 0.29) is 5.57 Å². The van der Waals surface area contributed by atoms with Gasteiger partial charge in [-0.2, -0.15) is 0 Å². The van der Waals surface area contributed by atoms with Crippen molar-refractivity contribution in [1.82, 2.24) is 10.2 Å². The fourth-order valence-electron chi connectivity index (χ4n) is 3.63. The van der Waals surface area contributed by atoms with Crippen LogP contribution in [-0.2, 0) is 9.59 Å². The van der Waals surface area contributed by atoms with Crippen LogP contribution in [0.15, 0.2) is 66.4 Å². The highest BCUT2D eigenvalue weighted by Crippen LogP contribution is 2.29. The molecule has 30 heavy (non-hydrogen) atoms. The number of rotatable bonds is 4. The van der Waals surface area contributed by atoms with Crippen molar-refractivity contribution in [3.63, 3.8) is 0 Å². The highest BCUT2D eigenvalue weighted by Gasteiger charge is 2.49. The van der Waals surface area contributed by atoms with Crippen LogP contribution in [0.25, 0.3) is 0 Å². The number of urea groups is 1. The van der Waals surface area contributed by atoms with E-state index in [2.05, 4.69) is 10.6 Å². The van der Waals surface area contributed by atoms with E-state index >= 15 is 0 Å². The first-order valence-corrected chi connectivity index (χ1v) is 9.21. The fraction of sp³-hybridized carbons (Fsp3) is 0.143. The van der Waals surface area contributed by atoms with Crippen LogP contribution in [0.5, 0.6) is 0 Å². The Hall–Kier alpha value is -4.14. The van der Waals surface area contributed by atoms with Crippen LogP contribution in [-0.4, -0.2) is 47.8 Å². The summed E-state index contributed by atoms with van der Waals surface area (Å²) in [5.74, 6) is -1.44. The van der Waals surface area contributed by atoms with E-state index < -0.39 is 35.8 Å². The molecule has 0 aromatic heterocycles. The molecule has 9 heteroatoms. The minimum atomic E-state index is -0.778. The molecule has 0 bridgehead atoms. The molecule has 9 nitrogen and oxygen atoms in total. The molecule has 2 aromatic rings. The number of anilines is 2. The van der Waals surface area contributed by atoms with E-state index in [0.29, 0.717) is 16.9 Å². The van der Waals surface area contributed by atoms with Gasteiger partial charge in [0.05, 0.1) is 17.3 Å². The summed E-state index contributed by atoms with van der Waals surface area (Å²) in [5.41, 5.74) is 6.71. The number of nitrogens with two attached hydrogens (primary N) is 1. The number of nitrogens with zero attached hydrogens (tertiary/aromatic N) is 2. The molecule has 4 rings (SSSR count). The van der Waals surface area contributed by atoms with E-state index in [1.807, 2.05) is 0 Å². The van der Waals surface area contributed by atoms with Crippen molar-refractivity contribution in [2.45, 2.75) is 12.1 Å². The number of imide groups is 1. The molecule has 5 amide bonds. The number of para-hydroxylation sites is 1. The SMILES string of the molecule is CN1C=C(C(=O)Nc2ccc(C(N)=O)cc2)C2NC(=O)N(c3ccccc3)C(=O)C21. The third-order valence-corrected chi connectivity index (χ3v) is 5.09. The molecule has 0 spiro atoms. The molecular weight excluding hydrogens is 386 g/mol. The normalized spacial score (nSPS) is 20.4. The lowest BCUT2D eigenvalue weighted by Gasteiger charge is -2.37. The summed E-state index contributed by atoms with van der Waals surface area (Å²) < 4.78 is 0. The van der Waals surface area contributed by atoms with Crippen molar-refractivity contribution >= 4 is 35.1 Å². The Morgan fingerprint density at radius 3 is 2.33 bits per heavy atom. The molecule has 2 heterocycles. The number of hydrogen-bond donors (Lipinski definition) is 3. The Morgan fingerprint density at radius 2 is 1.70 bits per heavy atom. The molecule has 4 N–H and O–H groups in total. The van der Waals surface area contributed by atoms with Gasteiger partial charge in [-0.05, 0) is 36.4 Å². The zero-order valence-electron chi connectivity index (χ0n) is 16.0. The predicted octanol–water partition coefficient (Wildman–Crippen LogP) is 1.05. The Labute approximate surface area is 172 Å². The largest absolute Gasteiger partial charge is 0.366 e. The van der Waals surface area contributed by atoms with Crippen LogP contribution in [0.1, 0.15) is 10.4 Å². The summed E-state index contributed by atoms with van der Waals surface area (Å²) in [4.78, 5) is 52.4. The van der Waals surface area contributed by atoms with Crippen LogP contribution in [0, 0.1) is 0 Å². The lowest BCUT2D eigenvalue weighted by Crippen LogP contribution is -2.65. The smallest absolute Gasteiger partial charge is 0.329 e. The van der Waals surface area contributed by atoms with Gasteiger partial charge in [0.2, 0.25) is 5.91 Å². The number of hydrogen-bond acceptors (Lipinski definition) is 5. The Kier molecular flexibility index (Phi) is 4.71. The molecule has 2 aliphatic rings. The number of likely N-dealkylation sites (N-methyl/N-ethyl adjacent to an activating group) is 1. The highest BCUT2D eigenvalue weighted by atomic mass is 16.2. The van der Waals surface area contributed by atoms with Gasteiger partial charge in [-0.3, -0.25) is 14.4 Å². The third kappa shape index (κ3) is 3.26. The number of benzene rings is 2. The standard InChI is InChI=1S/C21H19N5O4/c1-25-11-15(19(28)23-13-9-7-12(8-10-13)18(22)27)16-17(25)20(29)26(21(30)24-16)14-5-3-2-4-6-14/h2-11,16-17H,1H3,(H2,22,27)(H,23,28)(H,24,30). The maximum atomic E-state index is 13.1. The second-order valence-electron chi connectivity index (χ2n) is 7.03. The second-order valence-corrected chi connectivity index (χ2v) is 7.03. The van der Waals surface area contributed by atoms with Gasteiger partial charge >= 0.3 is 6.03 Å². The van der Waals surface area contributed by atoms with Gasteiger partial charge in [0.1, 0.15) is 6.04 Å². The molecule has 2 aromatic carbocycles. The Bertz CT molecular complexity index is 1060. The molecule has 0 radical (unpaired) electrons. The quantitative estimate of drug-likeness (QED) is 0.701. The van der Waals surface area contributed by atoms with Crippen molar-refractivity contribution in [3.8, 4) is 0 Å². The number of carbonyl (C=O) groups excluding carboxylic acids is 4. The van der Waals surface area contributed by atoms with Gasteiger partial charge < -0.3 is 21.3 Å². The van der Waals surface area contributed by atoms with E-state index in [1.54, 1.807) is 60.6 Å². The van der Waals surface area contributed by atoms with Gasteiger partial charge in [0.25, 0.3) is 11.8 Å². The number of nitrogens with one attached hydrogen (secondary N) is 2. The van der Waals surface area contributed by atoms with Crippen molar-refractivity contribution in [3.05, 3.63) is 71.9 Å². The summed E-state index contributed by atoms with van der Waals surface area (Å²) >= 11 is 0. The maximum absolute atomic E-state index is 13.1. The Balaban J connectivity index is 1.54. The molecule has 1 fully saturated rings. The van der Waals surface area contributed by atoms with Crippen molar-refractivity contribution in [2.75, 3.05) is 17.3 Å². The predicted molar refractivity (Wildman–Crippen MR) is 109 cm³/mol. The first-order valence-electron chi connectivity index (χ1n) is 9.21. The summed E-state index contributed by atoms with van der Waals surface area (Å²) in [6.07, 6.45) is 1.55. The number of primary amides is 1. The summed E-state index contributed by atoms with van der Waals surface area (Å²) in [7, 11) is 1.68. The minimum absolute atomic E-state index is 0.260. The molecule has 1 saturated heterocycles. The van der Waals surface area contributed by atoms with Crippen LogP contribution >= 0.6 is 0 Å². The number of fused-ring (bicyclic) bond motifs is 1. The summed E-state index contributed by atoms with van der Waals surface area (Å²) in [6, 6.07) is 12.6. The van der Waals surface area contributed by atoms with Gasteiger partial charge in [-0.15, -0.1) is 0 Å². The molecule has 0 aliphatic carbocycles. The molecule has 2 unspecified atom stereocenters. The Morgan fingerprint density at radius 1 is 1.03 bits per heavy atom. The summed E-state index contributed by atoms with van der Waals surface area (Å²) in [5, 5.41) is 5.48. The minimum Gasteiger partial charge on any atom is -0.366 e. The van der Waals surface area contributed by atoms with Crippen molar-refractivity contribution in [2.24, 2.45) is 5.73 Å². The van der Waals surface area contributed by atoms with E-state index in [9.17, 15) is 19.2 Å². The molecule has 2 aliphatic heterocycles. The first-order chi connectivity index (χ1) is 14.4. The molecular formula is C21H19N5O4. The van der Waals surface area contributed by atoms with E-state index in [0.717, 1.165) is 4.90 Å². The first kappa shape index (κ1) is 19.2. The van der Waals surface area contributed by atoms with Crippen LogP contribution in [0.4, 0.5) is 16.2 Å². The average molecular weight is 405 g/mol. The topological polar surface area (TPSA) is 125 Å². The average Bonchev–Trinajstić information content (AvgIpc) is 3.05. The maximum Gasteiger partial charge on any atom is 0.329 e. The zero-order chi connectivity index (χ0) is 21.4. The van der Waals surface area contributed by atoms with Crippen LogP contribution in [0.2, 0.25) is 0 Å². The molecule has 152 valence electrons. The van der Waals surface area contributed by atoms with Crippen LogP contribution in [0.3, 0.4) is 0 Å². The van der Waals surface area contributed by atoms with Crippen molar-refractivity contribution in [1.29, 1.82) is 0 Å². The fourth-order valence-corrected chi connectivity index (χ4v) is 3.63. The molecule has 0 saturated carbocycles. The zero-order valence-corrected chi connectivity index (χ0v) is 16.0.